The molecule has 96 valence electrons. The summed E-state index contributed by atoms with van der Waals surface area (Å²) in [5.74, 6) is -0.230. The molecule has 2 fully saturated rings. The molecule has 2 atom stereocenters. The molecule has 2 amide bonds. The molecule has 17 heavy (non-hydrogen) atoms. The molecule has 0 aromatic carbocycles. The van der Waals surface area contributed by atoms with E-state index in [1.807, 2.05) is 6.92 Å². The van der Waals surface area contributed by atoms with E-state index in [9.17, 15) is 14.7 Å². The highest BCUT2D eigenvalue weighted by Crippen LogP contribution is 2.25. The molecule has 0 radical (unpaired) electrons. The maximum absolute atomic E-state index is 11.8. The maximum Gasteiger partial charge on any atom is 0.407 e. The molecule has 2 heterocycles. The van der Waals surface area contributed by atoms with E-state index in [-0.39, 0.29) is 17.9 Å². The van der Waals surface area contributed by atoms with Crippen molar-refractivity contribution in [2.24, 2.45) is 5.92 Å². The first kappa shape index (κ1) is 12.2. The summed E-state index contributed by atoms with van der Waals surface area (Å²) < 4.78 is 0. The van der Waals surface area contributed by atoms with Crippen molar-refractivity contribution in [1.82, 2.24) is 9.80 Å². The molecule has 0 aromatic rings. The lowest BCUT2D eigenvalue weighted by Gasteiger charge is -2.35. The number of piperidine rings is 1. The summed E-state index contributed by atoms with van der Waals surface area (Å²) in [6, 6.07) is 0.0812. The molecule has 2 rings (SSSR count). The summed E-state index contributed by atoms with van der Waals surface area (Å²) in [6.07, 6.45) is -0.452. The zero-order valence-electron chi connectivity index (χ0n) is 9.87. The summed E-state index contributed by atoms with van der Waals surface area (Å²) >= 11 is 0. The van der Waals surface area contributed by atoms with Crippen LogP contribution in [0, 0.1) is 5.92 Å². The van der Waals surface area contributed by atoms with Gasteiger partial charge in [-0.15, -0.1) is 0 Å². The van der Waals surface area contributed by atoms with Crippen LogP contribution in [0.25, 0.3) is 0 Å². The first-order valence-corrected chi connectivity index (χ1v) is 5.97. The second kappa shape index (κ2) is 4.52. The van der Waals surface area contributed by atoms with Crippen LogP contribution in [0.3, 0.4) is 0 Å². The summed E-state index contributed by atoms with van der Waals surface area (Å²) in [7, 11) is 0. The number of rotatable bonds is 1. The second-order valence-electron chi connectivity index (χ2n) is 4.91. The number of hydrogen-bond acceptors (Lipinski definition) is 3. The van der Waals surface area contributed by atoms with Gasteiger partial charge in [-0.25, -0.2) is 4.79 Å². The van der Waals surface area contributed by atoms with Crippen molar-refractivity contribution >= 4 is 12.0 Å². The zero-order valence-corrected chi connectivity index (χ0v) is 9.87. The van der Waals surface area contributed by atoms with E-state index in [4.69, 9.17) is 5.11 Å². The Morgan fingerprint density at radius 3 is 2.35 bits per heavy atom. The van der Waals surface area contributed by atoms with Crippen molar-refractivity contribution < 1.29 is 19.8 Å². The van der Waals surface area contributed by atoms with E-state index in [1.165, 1.54) is 4.90 Å². The van der Waals surface area contributed by atoms with Gasteiger partial charge in [0.1, 0.15) is 6.10 Å². The number of likely N-dealkylation sites (tertiary alicyclic amines) is 2. The van der Waals surface area contributed by atoms with Crippen molar-refractivity contribution in [3.05, 3.63) is 0 Å². The van der Waals surface area contributed by atoms with Gasteiger partial charge in [0.2, 0.25) is 0 Å². The van der Waals surface area contributed by atoms with Gasteiger partial charge in [-0.3, -0.25) is 4.79 Å². The molecule has 6 heteroatoms. The Morgan fingerprint density at radius 2 is 1.94 bits per heavy atom. The molecule has 2 aliphatic rings. The van der Waals surface area contributed by atoms with Crippen molar-refractivity contribution in [3.8, 4) is 0 Å². The third-order valence-electron chi connectivity index (χ3n) is 3.74. The molecule has 2 saturated heterocycles. The number of carboxylic acid groups (broad SMARTS) is 1. The predicted molar refractivity (Wildman–Crippen MR) is 59.5 cm³/mol. The fourth-order valence-corrected chi connectivity index (χ4v) is 2.61. The van der Waals surface area contributed by atoms with Crippen LogP contribution in [-0.4, -0.2) is 63.8 Å². The maximum atomic E-state index is 11.8. The third kappa shape index (κ3) is 2.22. The van der Waals surface area contributed by atoms with Crippen LogP contribution in [-0.2, 0) is 4.79 Å². The average Bonchev–Trinajstić information content (AvgIpc) is 2.57. The smallest absolute Gasteiger partial charge is 0.407 e. The van der Waals surface area contributed by atoms with Gasteiger partial charge >= 0.3 is 6.09 Å². The van der Waals surface area contributed by atoms with Crippen LogP contribution in [0.15, 0.2) is 0 Å². The standard InChI is InChI=1S/C11H18N2O4/c1-7-6-13(10(15)9(7)14)8-2-4-12(5-3-8)11(16)17/h7-9,14H,2-6H2,1H3,(H,16,17)/t7-,9+/m1/s1. The highest BCUT2D eigenvalue weighted by Gasteiger charge is 2.40. The first-order valence-electron chi connectivity index (χ1n) is 5.97. The van der Waals surface area contributed by atoms with Gasteiger partial charge in [-0.05, 0) is 12.8 Å². The van der Waals surface area contributed by atoms with Crippen LogP contribution in [0.4, 0.5) is 4.79 Å². The fourth-order valence-electron chi connectivity index (χ4n) is 2.61. The largest absolute Gasteiger partial charge is 0.465 e. The van der Waals surface area contributed by atoms with Gasteiger partial charge in [0, 0.05) is 31.6 Å². The van der Waals surface area contributed by atoms with Gasteiger partial charge in [0.25, 0.3) is 5.91 Å². The molecule has 0 saturated carbocycles. The Bertz CT molecular complexity index is 325. The van der Waals surface area contributed by atoms with Gasteiger partial charge < -0.3 is 20.0 Å². The minimum absolute atomic E-state index is 0.0278. The number of carbonyl (C=O) groups excluding carboxylic acids is 1. The molecular formula is C11H18N2O4. The lowest BCUT2D eigenvalue weighted by atomic mass is 10.0. The summed E-state index contributed by atoms with van der Waals surface area (Å²) in [4.78, 5) is 25.6. The van der Waals surface area contributed by atoms with E-state index in [0.717, 1.165) is 0 Å². The lowest BCUT2D eigenvalue weighted by Crippen LogP contribution is -2.47. The van der Waals surface area contributed by atoms with E-state index >= 15 is 0 Å². The molecule has 0 unspecified atom stereocenters. The Hall–Kier alpha value is -1.30. The SMILES string of the molecule is C[C@@H]1CN(C2CCN(C(=O)O)CC2)C(=O)[C@H]1O. The monoisotopic (exact) mass is 242 g/mol. The number of aliphatic hydroxyl groups excluding tert-OH is 1. The summed E-state index contributed by atoms with van der Waals surface area (Å²) in [5.41, 5.74) is 0. The molecule has 2 aliphatic heterocycles. The highest BCUT2D eigenvalue weighted by molar-refractivity contribution is 5.83. The van der Waals surface area contributed by atoms with Crippen LogP contribution in [0.5, 0.6) is 0 Å². The van der Waals surface area contributed by atoms with Crippen molar-refractivity contribution in [1.29, 1.82) is 0 Å². The Kier molecular flexibility index (Phi) is 3.24. The molecule has 0 spiro atoms. The quantitative estimate of drug-likeness (QED) is 0.676. The summed E-state index contributed by atoms with van der Waals surface area (Å²) in [6.45, 7) is 3.37. The van der Waals surface area contributed by atoms with Gasteiger partial charge in [0.15, 0.2) is 0 Å². The topological polar surface area (TPSA) is 81.1 Å². The van der Waals surface area contributed by atoms with Crippen molar-refractivity contribution in [3.63, 3.8) is 0 Å². The molecule has 0 aromatic heterocycles. The van der Waals surface area contributed by atoms with Crippen LogP contribution < -0.4 is 0 Å². The lowest BCUT2D eigenvalue weighted by molar-refractivity contribution is -0.137. The van der Waals surface area contributed by atoms with Crippen LogP contribution in [0.1, 0.15) is 19.8 Å². The second-order valence-corrected chi connectivity index (χ2v) is 4.91. The molecule has 6 nitrogen and oxygen atoms in total. The normalized spacial score (nSPS) is 31.1. The number of carbonyl (C=O) groups is 2. The van der Waals surface area contributed by atoms with E-state index in [2.05, 4.69) is 0 Å². The zero-order chi connectivity index (χ0) is 12.6. The van der Waals surface area contributed by atoms with Crippen LogP contribution in [0.2, 0.25) is 0 Å². The number of hydrogen-bond donors (Lipinski definition) is 2. The number of nitrogens with zero attached hydrogens (tertiary/aromatic N) is 2. The van der Waals surface area contributed by atoms with Crippen LogP contribution >= 0.6 is 0 Å². The fraction of sp³-hybridized carbons (Fsp3) is 0.818. The molecule has 0 aliphatic carbocycles. The Labute approximate surface area is 99.8 Å². The minimum Gasteiger partial charge on any atom is -0.465 e. The van der Waals surface area contributed by atoms with Crippen molar-refractivity contribution in [2.45, 2.75) is 31.9 Å². The van der Waals surface area contributed by atoms with E-state index in [0.29, 0.717) is 32.5 Å². The number of amides is 2. The average molecular weight is 242 g/mol. The van der Waals surface area contributed by atoms with Gasteiger partial charge in [-0.1, -0.05) is 6.92 Å². The summed E-state index contributed by atoms with van der Waals surface area (Å²) in [5, 5.41) is 18.4. The van der Waals surface area contributed by atoms with Crippen molar-refractivity contribution in [2.75, 3.05) is 19.6 Å². The Balaban J connectivity index is 1.93. The molecule has 0 bridgehead atoms. The molecular weight excluding hydrogens is 224 g/mol. The highest BCUT2D eigenvalue weighted by atomic mass is 16.4. The number of aliphatic hydroxyl groups is 1. The third-order valence-corrected chi connectivity index (χ3v) is 3.74. The first-order chi connectivity index (χ1) is 8.00. The van der Waals surface area contributed by atoms with E-state index in [1.54, 1.807) is 4.90 Å². The Morgan fingerprint density at radius 1 is 1.35 bits per heavy atom. The molecule has 2 N–H and O–H groups in total. The predicted octanol–water partition coefficient (Wildman–Crippen LogP) is -0.0320. The van der Waals surface area contributed by atoms with Gasteiger partial charge in [0.05, 0.1) is 0 Å². The van der Waals surface area contributed by atoms with E-state index < -0.39 is 12.2 Å². The van der Waals surface area contributed by atoms with Gasteiger partial charge in [-0.2, -0.15) is 0 Å². The minimum atomic E-state index is -0.899.